The Hall–Kier alpha value is -1.71. The van der Waals surface area contributed by atoms with Crippen LogP contribution in [0.15, 0.2) is 12.1 Å². The molecule has 0 aliphatic carbocycles. The maximum atomic E-state index is 13.9. The van der Waals surface area contributed by atoms with Crippen molar-refractivity contribution in [2.24, 2.45) is 0 Å². The number of hydrogen-bond donors (Lipinski definition) is 1. The lowest BCUT2D eigenvalue weighted by Gasteiger charge is -2.21. The van der Waals surface area contributed by atoms with E-state index in [4.69, 9.17) is 5.73 Å². The molecule has 0 aliphatic heterocycles. The van der Waals surface area contributed by atoms with E-state index in [0.29, 0.717) is 17.5 Å². The molecule has 2 aromatic rings. The van der Waals surface area contributed by atoms with Gasteiger partial charge in [0.05, 0.1) is 11.2 Å². The van der Waals surface area contributed by atoms with Crippen LogP contribution in [0.4, 0.5) is 10.3 Å². The molecule has 1 aromatic heterocycles. The number of benzene rings is 1. The van der Waals surface area contributed by atoms with Gasteiger partial charge in [-0.25, -0.2) is 14.4 Å². The van der Waals surface area contributed by atoms with Gasteiger partial charge in [0, 0.05) is 10.8 Å². The molecule has 18 heavy (non-hydrogen) atoms. The predicted molar refractivity (Wildman–Crippen MR) is 72.0 cm³/mol. The topological polar surface area (TPSA) is 51.8 Å². The highest BCUT2D eigenvalue weighted by atomic mass is 19.1. The molecule has 1 heterocycles. The van der Waals surface area contributed by atoms with Crippen molar-refractivity contribution in [3.05, 3.63) is 29.2 Å². The number of anilines is 1. The largest absolute Gasteiger partial charge is 0.368 e. The van der Waals surface area contributed by atoms with Gasteiger partial charge in [0.1, 0.15) is 5.82 Å². The van der Waals surface area contributed by atoms with Gasteiger partial charge in [-0.3, -0.25) is 0 Å². The van der Waals surface area contributed by atoms with Gasteiger partial charge in [-0.1, -0.05) is 27.7 Å². The minimum Gasteiger partial charge on any atom is -0.368 e. The van der Waals surface area contributed by atoms with Gasteiger partial charge in [0.15, 0.2) is 0 Å². The Morgan fingerprint density at radius 3 is 2.44 bits per heavy atom. The van der Waals surface area contributed by atoms with Crippen LogP contribution < -0.4 is 5.73 Å². The quantitative estimate of drug-likeness (QED) is 0.841. The van der Waals surface area contributed by atoms with E-state index in [9.17, 15) is 4.39 Å². The van der Waals surface area contributed by atoms with Gasteiger partial charge in [0.25, 0.3) is 0 Å². The van der Waals surface area contributed by atoms with Crippen molar-refractivity contribution in [3.63, 3.8) is 0 Å². The number of fused-ring (bicyclic) bond motifs is 1. The molecule has 4 heteroatoms. The zero-order chi connectivity index (χ0) is 13.5. The van der Waals surface area contributed by atoms with Gasteiger partial charge in [-0.2, -0.15) is 0 Å². The SMILES string of the molecule is CCc1c(F)ccc2nc(N)nc(C(C)(C)C)c12. The lowest BCUT2D eigenvalue weighted by molar-refractivity contribution is 0.572. The minimum atomic E-state index is -0.205. The molecule has 0 atom stereocenters. The fourth-order valence-corrected chi connectivity index (χ4v) is 2.17. The van der Waals surface area contributed by atoms with Crippen molar-refractivity contribution in [1.29, 1.82) is 0 Å². The molecular weight excluding hydrogens is 229 g/mol. The molecule has 0 saturated carbocycles. The summed E-state index contributed by atoms with van der Waals surface area (Å²) in [6, 6.07) is 3.11. The van der Waals surface area contributed by atoms with Crippen LogP contribution in [-0.4, -0.2) is 9.97 Å². The van der Waals surface area contributed by atoms with E-state index in [1.54, 1.807) is 6.07 Å². The zero-order valence-corrected chi connectivity index (χ0v) is 11.2. The van der Waals surface area contributed by atoms with Crippen molar-refractivity contribution >= 4 is 16.9 Å². The molecule has 1 aromatic carbocycles. The third-order valence-electron chi connectivity index (χ3n) is 3.00. The van der Waals surface area contributed by atoms with Crippen LogP contribution in [0.1, 0.15) is 39.0 Å². The maximum absolute atomic E-state index is 13.9. The molecule has 96 valence electrons. The third kappa shape index (κ3) is 2.03. The van der Waals surface area contributed by atoms with Crippen molar-refractivity contribution < 1.29 is 4.39 Å². The molecule has 0 bridgehead atoms. The summed E-state index contributed by atoms with van der Waals surface area (Å²) in [5.41, 5.74) is 7.72. The van der Waals surface area contributed by atoms with Gasteiger partial charge in [-0.05, 0) is 24.1 Å². The Labute approximate surface area is 106 Å². The van der Waals surface area contributed by atoms with E-state index >= 15 is 0 Å². The van der Waals surface area contributed by atoms with Gasteiger partial charge >= 0.3 is 0 Å². The van der Waals surface area contributed by atoms with Crippen molar-refractivity contribution in [1.82, 2.24) is 9.97 Å². The van der Waals surface area contributed by atoms with E-state index in [0.717, 1.165) is 11.1 Å². The predicted octanol–water partition coefficient (Wildman–Crippen LogP) is 3.21. The van der Waals surface area contributed by atoms with E-state index in [1.165, 1.54) is 6.07 Å². The van der Waals surface area contributed by atoms with Crippen molar-refractivity contribution in [2.75, 3.05) is 5.73 Å². The molecule has 0 spiro atoms. The summed E-state index contributed by atoms with van der Waals surface area (Å²) in [6.45, 7) is 8.05. The van der Waals surface area contributed by atoms with Crippen LogP contribution in [0.25, 0.3) is 10.9 Å². The summed E-state index contributed by atoms with van der Waals surface area (Å²) >= 11 is 0. The number of halogens is 1. The van der Waals surface area contributed by atoms with E-state index in [1.807, 2.05) is 27.7 Å². The molecule has 0 amide bonds. The number of aryl methyl sites for hydroxylation is 1. The lowest BCUT2D eigenvalue weighted by Crippen LogP contribution is -2.17. The lowest BCUT2D eigenvalue weighted by atomic mass is 9.87. The summed E-state index contributed by atoms with van der Waals surface area (Å²) in [6.07, 6.45) is 0.611. The highest BCUT2D eigenvalue weighted by Gasteiger charge is 2.23. The van der Waals surface area contributed by atoms with Crippen molar-refractivity contribution in [2.45, 2.75) is 39.5 Å². The average Bonchev–Trinajstić information content (AvgIpc) is 2.27. The normalized spacial score (nSPS) is 12.1. The summed E-state index contributed by atoms with van der Waals surface area (Å²) in [7, 11) is 0. The smallest absolute Gasteiger partial charge is 0.220 e. The van der Waals surface area contributed by atoms with Crippen LogP contribution in [0, 0.1) is 5.82 Å². The highest BCUT2D eigenvalue weighted by molar-refractivity contribution is 5.86. The van der Waals surface area contributed by atoms with Crippen LogP contribution >= 0.6 is 0 Å². The highest BCUT2D eigenvalue weighted by Crippen LogP contribution is 2.31. The second-order valence-corrected chi connectivity index (χ2v) is 5.45. The van der Waals surface area contributed by atoms with Crippen LogP contribution in [-0.2, 0) is 11.8 Å². The number of nitrogen functional groups attached to an aromatic ring is 1. The number of hydrogen-bond acceptors (Lipinski definition) is 3. The van der Waals surface area contributed by atoms with Gasteiger partial charge < -0.3 is 5.73 Å². The van der Waals surface area contributed by atoms with E-state index in [-0.39, 0.29) is 17.2 Å². The Bertz CT molecular complexity index is 600. The minimum absolute atomic E-state index is 0.201. The fourth-order valence-electron chi connectivity index (χ4n) is 2.17. The third-order valence-corrected chi connectivity index (χ3v) is 3.00. The summed E-state index contributed by atoms with van der Waals surface area (Å²) in [5, 5.41) is 0.805. The number of nitrogens with zero attached hydrogens (tertiary/aromatic N) is 2. The maximum Gasteiger partial charge on any atom is 0.220 e. The molecule has 0 saturated heterocycles. The average molecular weight is 247 g/mol. The monoisotopic (exact) mass is 247 g/mol. The van der Waals surface area contributed by atoms with Gasteiger partial charge in [0.2, 0.25) is 5.95 Å². The Morgan fingerprint density at radius 2 is 1.89 bits per heavy atom. The van der Waals surface area contributed by atoms with Crippen LogP contribution in [0.3, 0.4) is 0 Å². The molecule has 0 aliphatic rings. The van der Waals surface area contributed by atoms with E-state index in [2.05, 4.69) is 9.97 Å². The molecular formula is C14H18FN3. The van der Waals surface area contributed by atoms with Crippen LogP contribution in [0.2, 0.25) is 0 Å². The first-order valence-corrected chi connectivity index (χ1v) is 6.09. The standard InChI is InChI=1S/C14H18FN3/c1-5-8-9(15)6-7-10-11(8)12(14(2,3)4)18-13(16)17-10/h6-7H,5H2,1-4H3,(H2,16,17,18). The fraction of sp³-hybridized carbons (Fsp3) is 0.429. The number of rotatable bonds is 1. The second kappa shape index (κ2) is 4.19. The van der Waals surface area contributed by atoms with Gasteiger partial charge in [-0.15, -0.1) is 0 Å². The van der Waals surface area contributed by atoms with E-state index < -0.39 is 0 Å². The summed E-state index contributed by atoms with van der Waals surface area (Å²) in [4.78, 5) is 8.52. The Balaban J connectivity index is 2.95. The zero-order valence-electron chi connectivity index (χ0n) is 11.2. The van der Waals surface area contributed by atoms with Crippen LogP contribution in [0.5, 0.6) is 0 Å². The first-order chi connectivity index (χ1) is 8.34. The molecule has 2 N–H and O–H groups in total. The molecule has 0 unspecified atom stereocenters. The first-order valence-electron chi connectivity index (χ1n) is 6.09. The molecule has 3 nitrogen and oxygen atoms in total. The summed E-state index contributed by atoms with van der Waals surface area (Å²) in [5.74, 6) is 0.0324. The first kappa shape index (κ1) is 12.7. The van der Waals surface area contributed by atoms with Crippen molar-refractivity contribution in [3.8, 4) is 0 Å². The molecule has 2 rings (SSSR count). The molecule has 0 fully saturated rings. The molecule has 0 radical (unpaired) electrons. The Morgan fingerprint density at radius 1 is 1.22 bits per heavy atom. The number of aromatic nitrogens is 2. The second-order valence-electron chi connectivity index (χ2n) is 5.45. The summed E-state index contributed by atoms with van der Waals surface area (Å²) < 4.78 is 13.9. The number of nitrogens with two attached hydrogens (primary N) is 1. The Kier molecular flexibility index (Phi) is 2.97.